The van der Waals surface area contributed by atoms with Gasteiger partial charge in [0.15, 0.2) is 0 Å². The number of hydrogen-bond acceptors (Lipinski definition) is 4. The van der Waals surface area contributed by atoms with Crippen LogP contribution in [0.1, 0.15) is 48.5 Å². The fourth-order valence-corrected chi connectivity index (χ4v) is 5.01. The van der Waals surface area contributed by atoms with Crippen LogP contribution in [0, 0.1) is 6.92 Å². The maximum atomic E-state index is 13.2. The summed E-state index contributed by atoms with van der Waals surface area (Å²) < 4.78 is 28.3. The summed E-state index contributed by atoms with van der Waals surface area (Å²) in [6.07, 6.45) is 2.74. The molecule has 1 unspecified atom stereocenters. The first-order valence-corrected chi connectivity index (χ1v) is 12.5. The minimum Gasteiger partial charge on any atom is -0.352 e. The maximum absolute atomic E-state index is 13.2. The number of piperidine rings is 1. The number of rotatable bonds is 7. The Kier molecular flexibility index (Phi) is 7.79. The lowest BCUT2D eigenvalue weighted by atomic mass is 10.0. The van der Waals surface area contributed by atoms with Gasteiger partial charge in [-0.25, -0.2) is 8.42 Å². The molecule has 0 aliphatic carbocycles. The van der Waals surface area contributed by atoms with Crippen molar-refractivity contribution in [2.75, 3.05) is 17.8 Å². The Balaban J connectivity index is 1.78. The second-order valence-electron chi connectivity index (χ2n) is 8.02. The third-order valence-electron chi connectivity index (χ3n) is 5.30. The highest BCUT2D eigenvalue weighted by Crippen LogP contribution is 2.25. The first-order chi connectivity index (χ1) is 15.2. The SMILES string of the molecule is CCCC(=O)NC1CCCN(C(=O)c2cc(S(=O)(=O)Nc3cccc(C)c3)ccc2Cl)C1. The topological polar surface area (TPSA) is 95.6 Å². The number of hydrogen-bond donors (Lipinski definition) is 2. The van der Waals surface area contributed by atoms with Crippen molar-refractivity contribution in [3.05, 3.63) is 58.6 Å². The lowest BCUT2D eigenvalue weighted by Gasteiger charge is -2.33. The Hall–Kier alpha value is -2.58. The molecule has 0 saturated carbocycles. The summed E-state index contributed by atoms with van der Waals surface area (Å²) in [7, 11) is -3.90. The Labute approximate surface area is 194 Å². The summed E-state index contributed by atoms with van der Waals surface area (Å²) in [5.41, 5.74) is 1.48. The van der Waals surface area contributed by atoms with Crippen molar-refractivity contribution in [2.24, 2.45) is 0 Å². The average Bonchev–Trinajstić information content (AvgIpc) is 2.73. The third kappa shape index (κ3) is 6.01. The normalized spacial score (nSPS) is 16.5. The molecule has 0 spiro atoms. The molecule has 0 bridgehead atoms. The van der Waals surface area contributed by atoms with Crippen LogP contribution in [0.3, 0.4) is 0 Å². The van der Waals surface area contributed by atoms with Gasteiger partial charge in [-0.3, -0.25) is 14.3 Å². The van der Waals surface area contributed by atoms with Crippen molar-refractivity contribution in [3.63, 3.8) is 0 Å². The number of nitrogens with one attached hydrogen (secondary N) is 2. The standard InChI is InChI=1S/C23H28ClN3O4S/c1-3-6-22(28)25-18-9-5-12-27(15-18)23(29)20-14-19(10-11-21(20)24)32(30,31)26-17-8-4-7-16(2)13-17/h4,7-8,10-11,13-14,18,26H,3,5-6,9,12,15H2,1-2H3,(H,25,28). The molecule has 1 aliphatic heterocycles. The van der Waals surface area contributed by atoms with Gasteiger partial charge in [0.1, 0.15) is 0 Å². The molecule has 3 rings (SSSR count). The van der Waals surface area contributed by atoms with E-state index in [1.165, 1.54) is 18.2 Å². The van der Waals surface area contributed by atoms with E-state index in [1.807, 2.05) is 19.9 Å². The van der Waals surface area contributed by atoms with Crippen molar-refractivity contribution in [1.29, 1.82) is 0 Å². The number of carbonyl (C=O) groups excluding carboxylic acids is 2. The largest absolute Gasteiger partial charge is 0.352 e. The summed E-state index contributed by atoms with van der Waals surface area (Å²) in [6.45, 7) is 4.69. The number of halogens is 1. The molecule has 2 amide bonds. The second kappa shape index (κ2) is 10.4. The summed E-state index contributed by atoms with van der Waals surface area (Å²) >= 11 is 6.27. The third-order valence-corrected chi connectivity index (χ3v) is 7.01. The highest BCUT2D eigenvalue weighted by Gasteiger charge is 2.27. The highest BCUT2D eigenvalue weighted by atomic mass is 35.5. The molecule has 2 aromatic rings. The minimum absolute atomic E-state index is 0.0276. The highest BCUT2D eigenvalue weighted by molar-refractivity contribution is 7.92. The van der Waals surface area contributed by atoms with Crippen LogP contribution in [-0.2, 0) is 14.8 Å². The molecule has 2 N–H and O–H groups in total. The minimum atomic E-state index is -3.90. The van der Waals surface area contributed by atoms with Gasteiger partial charge in [-0.2, -0.15) is 0 Å². The molecule has 0 aromatic heterocycles. The van der Waals surface area contributed by atoms with Gasteiger partial charge in [-0.15, -0.1) is 0 Å². The Morgan fingerprint density at radius 1 is 1.19 bits per heavy atom. The molecule has 1 atom stereocenters. The molecule has 1 saturated heterocycles. The number of sulfonamides is 1. The van der Waals surface area contributed by atoms with Crippen molar-refractivity contribution < 1.29 is 18.0 Å². The van der Waals surface area contributed by atoms with E-state index in [0.717, 1.165) is 24.8 Å². The number of carbonyl (C=O) groups is 2. The van der Waals surface area contributed by atoms with E-state index < -0.39 is 10.0 Å². The van der Waals surface area contributed by atoms with Gasteiger partial charge in [0.05, 0.1) is 15.5 Å². The fraction of sp³-hybridized carbons (Fsp3) is 0.391. The van der Waals surface area contributed by atoms with E-state index in [0.29, 0.717) is 25.2 Å². The van der Waals surface area contributed by atoms with Gasteiger partial charge in [-0.1, -0.05) is 30.7 Å². The van der Waals surface area contributed by atoms with Crippen LogP contribution >= 0.6 is 11.6 Å². The van der Waals surface area contributed by atoms with Gasteiger partial charge >= 0.3 is 0 Å². The summed E-state index contributed by atoms with van der Waals surface area (Å²) in [6, 6.07) is 11.0. The lowest BCUT2D eigenvalue weighted by molar-refractivity contribution is -0.122. The van der Waals surface area contributed by atoms with Gasteiger partial charge in [0, 0.05) is 31.2 Å². The molecular formula is C23H28ClN3O4S. The molecule has 1 heterocycles. The van der Waals surface area contributed by atoms with E-state index in [4.69, 9.17) is 11.6 Å². The smallest absolute Gasteiger partial charge is 0.261 e. The van der Waals surface area contributed by atoms with E-state index in [2.05, 4.69) is 10.0 Å². The van der Waals surface area contributed by atoms with Crippen LogP contribution in [0.4, 0.5) is 5.69 Å². The molecular weight excluding hydrogens is 450 g/mol. The zero-order valence-corrected chi connectivity index (χ0v) is 19.8. The predicted molar refractivity (Wildman–Crippen MR) is 125 cm³/mol. The number of nitrogens with zero attached hydrogens (tertiary/aromatic N) is 1. The Morgan fingerprint density at radius 3 is 2.69 bits per heavy atom. The predicted octanol–water partition coefficient (Wildman–Crippen LogP) is 3.97. The number of aryl methyl sites for hydroxylation is 1. The second-order valence-corrected chi connectivity index (χ2v) is 10.1. The molecule has 172 valence electrons. The van der Waals surface area contributed by atoms with E-state index in [-0.39, 0.29) is 33.3 Å². The van der Waals surface area contributed by atoms with Crippen molar-refractivity contribution >= 4 is 39.1 Å². The first kappa shape index (κ1) is 24.1. The quantitative estimate of drug-likeness (QED) is 0.630. The molecule has 9 heteroatoms. The number of benzene rings is 2. The molecule has 2 aromatic carbocycles. The zero-order valence-electron chi connectivity index (χ0n) is 18.2. The summed E-state index contributed by atoms with van der Waals surface area (Å²) in [5, 5.41) is 3.15. The van der Waals surface area contributed by atoms with Crippen LogP contribution in [0.15, 0.2) is 47.4 Å². The number of likely N-dealkylation sites (tertiary alicyclic amines) is 1. The van der Waals surface area contributed by atoms with Crippen LogP contribution in [0.5, 0.6) is 0 Å². The van der Waals surface area contributed by atoms with Crippen LogP contribution in [0.2, 0.25) is 5.02 Å². The van der Waals surface area contributed by atoms with Gasteiger partial charge in [0.2, 0.25) is 5.91 Å². The number of anilines is 1. The average molecular weight is 478 g/mol. The number of amides is 2. The zero-order chi connectivity index (χ0) is 23.3. The fourth-order valence-electron chi connectivity index (χ4n) is 3.73. The van der Waals surface area contributed by atoms with Crippen molar-refractivity contribution in [1.82, 2.24) is 10.2 Å². The summed E-state index contributed by atoms with van der Waals surface area (Å²) in [4.78, 5) is 26.7. The Morgan fingerprint density at radius 2 is 1.97 bits per heavy atom. The first-order valence-electron chi connectivity index (χ1n) is 10.7. The van der Waals surface area contributed by atoms with Gasteiger partial charge in [0.25, 0.3) is 15.9 Å². The van der Waals surface area contributed by atoms with Crippen molar-refractivity contribution in [2.45, 2.75) is 50.5 Å². The monoisotopic (exact) mass is 477 g/mol. The van der Waals surface area contributed by atoms with Crippen LogP contribution < -0.4 is 10.0 Å². The molecule has 1 aliphatic rings. The van der Waals surface area contributed by atoms with Crippen LogP contribution in [0.25, 0.3) is 0 Å². The summed E-state index contributed by atoms with van der Waals surface area (Å²) in [5.74, 6) is -0.378. The van der Waals surface area contributed by atoms with Gasteiger partial charge in [-0.05, 0) is 62.1 Å². The lowest BCUT2D eigenvalue weighted by Crippen LogP contribution is -2.49. The van der Waals surface area contributed by atoms with E-state index in [9.17, 15) is 18.0 Å². The van der Waals surface area contributed by atoms with E-state index in [1.54, 1.807) is 23.1 Å². The van der Waals surface area contributed by atoms with Crippen LogP contribution in [-0.4, -0.2) is 44.3 Å². The van der Waals surface area contributed by atoms with Gasteiger partial charge < -0.3 is 10.2 Å². The molecule has 7 nitrogen and oxygen atoms in total. The molecule has 0 radical (unpaired) electrons. The van der Waals surface area contributed by atoms with Crippen molar-refractivity contribution in [3.8, 4) is 0 Å². The Bertz CT molecular complexity index is 1100. The molecule has 1 fully saturated rings. The molecule has 32 heavy (non-hydrogen) atoms. The maximum Gasteiger partial charge on any atom is 0.261 e. The van der Waals surface area contributed by atoms with E-state index >= 15 is 0 Å².